The SMILES string of the molecule is CCCCCCCCCCCCCCCCOCCCOP(=O)(O)COC(CO)Cn1ccc(=O)n(CC(CO)OCP(=O)(O)OCCCOCCCCCCCCCCCCCCCC)c1=O. The Morgan fingerprint density at radius 1 is 0.471 bits per heavy atom. The molecule has 1 rings (SSSR count). The first-order valence-electron chi connectivity index (χ1n) is 26.8. The highest BCUT2D eigenvalue weighted by Gasteiger charge is 2.25. The molecular formula is C50H98N2O14P2. The molecule has 0 radical (unpaired) electrons. The summed E-state index contributed by atoms with van der Waals surface area (Å²) in [6.07, 6.45) is 34.2. The Morgan fingerprint density at radius 2 is 0.794 bits per heavy atom. The molecule has 68 heavy (non-hydrogen) atoms. The molecule has 0 saturated carbocycles. The molecule has 18 heteroatoms. The Morgan fingerprint density at radius 3 is 1.15 bits per heavy atom. The summed E-state index contributed by atoms with van der Waals surface area (Å²) >= 11 is 0. The van der Waals surface area contributed by atoms with Crippen LogP contribution in [0.1, 0.15) is 206 Å². The van der Waals surface area contributed by atoms with Crippen LogP contribution in [0.3, 0.4) is 0 Å². The second kappa shape index (κ2) is 44.4. The van der Waals surface area contributed by atoms with Gasteiger partial charge >= 0.3 is 20.9 Å². The van der Waals surface area contributed by atoms with E-state index >= 15 is 0 Å². The van der Waals surface area contributed by atoms with Gasteiger partial charge in [-0.15, -0.1) is 0 Å². The van der Waals surface area contributed by atoms with Crippen molar-refractivity contribution in [3.8, 4) is 0 Å². The van der Waals surface area contributed by atoms with E-state index in [9.17, 15) is 38.7 Å². The summed E-state index contributed by atoms with van der Waals surface area (Å²) in [4.78, 5) is 46.5. The Labute approximate surface area is 410 Å². The molecule has 0 amide bonds. The average molecular weight is 1010 g/mol. The van der Waals surface area contributed by atoms with Crippen molar-refractivity contribution in [1.82, 2.24) is 9.13 Å². The van der Waals surface area contributed by atoms with E-state index < -0.39 is 71.1 Å². The lowest BCUT2D eigenvalue weighted by molar-refractivity contribution is 0.0117. The van der Waals surface area contributed by atoms with E-state index in [1.54, 1.807) is 0 Å². The van der Waals surface area contributed by atoms with E-state index in [2.05, 4.69) is 13.8 Å². The molecule has 4 N–H and O–H groups in total. The summed E-state index contributed by atoms with van der Waals surface area (Å²) in [6.45, 7) is 4.45. The minimum absolute atomic E-state index is 0.0232. The van der Waals surface area contributed by atoms with Crippen LogP contribution in [0.25, 0.3) is 0 Å². The van der Waals surface area contributed by atoms with E-state index in [-0.39, 0.29) is 19.8 Å². The first kappa shape index (κ1) is 64.8. The molecule has 16 nitrogen and oxygen atoms in total. The predicted molar refractivity (Wildman–Crippen MR) is 272 cm³/mol. The molecular weight excluding hydrogens is 914 g/mol. The van der Waals surface area contributed by atoms with Crippen molar-refractivity contribution in [2.24, 2.45) is 0 Å². The Balaban J connectivity index is 2.24. The van der Waals surface area contributed by atoms with Gasteiger partial charge in [-0.3, -0.25) is 23.1 Å². The van der Waals surface area contributed by atoms with Gasteiger partial charge in [0.1, 0.15) is 12.7 Å². The molecule has 1 heterocycles. The van der Waals surface area contributed by atoms with Crippen LogP contribution < -0.4 is 11.2 Å². The molecule has 4 unspecified atom stereocenters. The molecule has 4 atom stereocenters. The highest BCUT2D eigenvalue weighted by molar-refractivity contribution is 7.52. The highest BCUT2D eigenvalue weighted by Crippen LogP contribution is 2.43. The second-order valence-corrected chi connectivity index (χ2v) is 22.0. The van der Waals surface area contributed by atoms with Crippen LogP contribution in [-0.2, 0) is 50.2 Å². The van der Waals surface area contributed by atoms with Crippen LogP contribution in [0.2, 0.25) is 0 Å². The summed E-state index contributed by atoms with van der Waals surface area (Å²) in [7, 11) is -8.42. The molecule has 0 aliphatic heterocycles. The zero-order chi connectivity index (χ0) is 49.8. The topological polar surface area (TPSA) is 214 Å². The van der Waals surface area contributed by atoms with Crippen LogP contribution in [0.5, 0.6) is 0 Å². The number of aromatic nitrogens is 2. The van der Waals surface area contributed by atoms with Gasteiger partial charge in [0, 0.05) is 38.7 Å². The van der Waals surface area contributed by atoms with Crippen LogP contribution in [0.4, 0.5) is 0 Å². The Hall–Kier alpha value is -1.26. The van der Waals surface area contributed by atoms with Crippen LogP contribution >= 0.6 is 15.2 Å². The lowest BCUT2D eigenvalue weighted by Gasteiger charge is -2.21. The van der Waals surface area contributed by atoms with Crippen molar-refractivity contribution < 1.29 is 57.1 Å². The fourth-order valence-electron chi connectivity index (χ4n) is 7.82. The van der Waals surface area contributed by atoms with Crippen molar-refractivity contribution in [2.45, 2.75) is 232 Å². The smallest absolute Gasteiger partial charge is 0.353 e. The number of aliphatic hydroxyl groups excluding tert-OH is 2. The molecule has 0 fully saturated rings. The molecule has 0 spiro atoms. The van der Waals surface area contributed by atoms with Gasteiger partial charge in [0.2, 0.25) is 0 Å². The van der Waals surface area contributed by atoms with E-state index in [0.29, 0.717) is 39.3 Å². The fraction of sp³-hybridized carbons (Fsp3) is 0.920. The molecule has 0 bridgehead atoms. The van der Waals surface area contributed by atoms with Gasteiger partial charge < -0.3 is 48.0 Å². The number of rotatable bonds is 52. The molecule has 0 aliphatic rings. The van der Waals surface area contributed by atoms with E-state index in [0.717, 1.165) is 40.9 Å². The van der Waals surface area contributed by atoms with Crippen molar-refractivity contribution >= 4 is 15.2 Å². The van der Waals surface area contributed by atoms with Crippen molar-refractivity contribution in [1.29, 1.82) is 0 Å². The summed E-state index contributed by atoms with van der Waals surface area (Å²) < 4.78 is 59.5. The molecule has 0 aromatic carbocycles. The quantitative estimate of drug-likeness (QED) is 0.0353. The third-order valence-corrected chi connectivity index (χ3v) is 14.1. The molecule has 0 aliphatic carbocycles. The second-order valence-electron chi connectivity index (χ2n) is 18.5. The summed E-state index contributed by atoms with van der Waals surface area (Å²) in [5, 5.41) is 19.8. The number of hydrogen-bond donors (Lipinski definition) is 4. The van der Waals surface area contributed by atoms with Crippen molar-refractivity contribution in [2.75, 3.05) is 65.6 Å². The monoisotopic (exact) mass is 1010 g/mol. The highest BCUT2D eigenvalue weighted by atomic mass is 31.2. The van der Waals surface area contributed by atoms with Crippen molar-refractivity contribution in [3.05, 3.63) is 33.1 Å². The number of hydrogen-bond acceptors (Lipinski definition) is 12. The molecule has 1 aromatic rings. The molecule has 0 saturated heterocycles. The maximum Gasteiger partial charge on any atom is 0.353 e. The van der Waals surface area contributed by atoms with Crippen molar-refractivity contribution in [3.63, 3.8) is 0 Å². The average Bonchev–Trinajstić information content (AvgIpc) is 3.32. The van der Waals surface area contributed by atoms with Gasteiger partial charge in [-0.1, -0.05) is 181 Å². The van der Waals surface area contributed by atoms with Gasteiger partial charge in [-0.25, -0.2) is 4.79 Å². The Kier molecular flexibility index (Phi) is 42.3. The van der Waals surface area contributed by atoms with E-state index in [1.807, 2.05) is 0 Å². The lowest BCUT2D eigenvalue weighted by atomic mass is 10.0. The van der Waals surface area contributed by atoms with E-state index in [1.165, 1.54) is 160 Å². The van der Waals surface area contributed by atoms with Gasteiger partial charge in [0.25, 0.3) is 5.56 Å². The maximum absolute atomic E-state index is 13.3. The summed E-state index contributed by atoms with van der Waals surface area (Å²) in [5.41, 5.74) is -1.55. The maximum atomic E-state index is 13.3. The van der Waals surface area contributed by atoms with Crippen LogP contribution in [0.15, 0.2) is 21.9 Å². The normalized spacial score (nSPS) is 14.6. The number of ether oxygens (including phenoxy) is 4. The van der Waals surface area contributed by atoms with Crippen LogP contribution in [-0.4, -0.2) is 107 Å². The zero-order valence-corrected chi connectivity index (χ0v) is 44.5. The fourth-order valence-corrected chi connectivity index (χ4v) is 9.60. The Bertz CT molecular complexity index is 1520. The van der Waals surface area contributed by atoms with Gasteiger partial charge in [0.15, 0.2) is 0 Å². The predicted octanol–water partition coefficient (Wildman–Crippen LogP) is 10.9. The number of nitrogens with zero attached hydrogens (tertiary/aromatic N) is 2. The standard InChI is InChI=1S/C50H98N2O14P2/c1-3-5-7-9-11-13-15-17-19-21-23-25-27-29-35-61-37-31-39-65-67(57,58)45-63-47(43-53)41-51-34-33-49(55)52(50(51)56)42-48(44-54)64-46-68(59,60)66-40-32-38-62-36-30-28-26-24-22-20-18-16-14-12-10-8-6-4-2/h33-34,47-48,53-54H,3-32,35-46H2,1-2H3,(H,57,58)(H,59,60). The first-order chi connectivity index (χ1) is 33.0. The van der Waals surface area contributed by atoms with Gasteiger partial charge in [0.05, 0.1) is 51.7 Å². The number of aliphatic hydroxyl groups is 2. The first-order valence-corrected chi connectivity index (χ1v) is 30.3. The zero-order valence-electron chi connectivity index (χ0n) is 42.7. The third-order valence-electron chi connectivity index (χ3n) is 12.0. The summed E-state index contributed by atoms with van der Waals surface area (Å²) in [6, 6.07) is 1.09. The summed E-state index contributed by atoms with van der Waals surface area (Å²) in [5.74, 6) is 0. The minimum Gasteiger partial charge on any atom is -0.394 e. The van der Waals surface area contributed by atoms with Gasteiger partial charge in [-0.2, -0.15) is 0 Å². The number of unbranched alkanes of at least 4 members (excludes halogenated alkanes) is 26. The minimum atomic E-state index is -4.22. The molecule has 1 aromatic heterocycles. The van der Waals surface area contributed by atoms with Gasteiger partial charge in [-0.05, 0) is 25.7 Å². The largest absolute Gasteiger partial charge is 0.394 e. The molecule has 402 valence electrons. The lowest BCUT2D eigenvalue weighted by Crippen LogP contribution is -2.44. The van der Waals surface area contributed by atoms with E-state index in [4.69, 9.17) is 28.0 Å². The van der Waals surface area contributed by atoms with Crippen LogP contribution in [0, 0.1) is 0 Å². The third kappa shape index (κ3) is 37.5.